The first-order chi connectivity index (χ1) is 12.5. The largest absolute Gasteiger partial charge is 0.352 e. The van der Waals surface area contributed by atoms with Crippen molar-refractivity contribution in [3.8, 4) is 0 Å². The van der Waals surface area contributed by atoms with E-state index in [1.165, 1.54) is 25.7 Å². The van der Waals surface area contributed by atoms with Gasteiger partial charge in [-0.05, 0) is 67.6 Å². The number of nitrogens with zero attached hydrogens (tertiary/aromatic N) is 1. The van der Waals surface area contributed by atoms with Gasteiger partial charge in [-0.25, -0.2) is 8.42 Å². The van der Waals surface area contributed by atoms with Gasteiger partial charge in [-0.2, -0.15) is 4.31 Å². The maximum Gasteiger partial charge on any atom is 0.243 e. The third kappa shape index (κ3) is 3.67. The van der Waals surface area contributed by atoms with Crippen molar-refractivity contribution in [1.82, 2.24) is 9.62 Å². The Labute approximate surface area is 156 Å². The Bertz CT molecular complexity index is 754. The van der Waals surface area contributed by atoms with E-state index in [-0.39, 0.29) is 5.91 Å². The Morgan fingerprint density at radius 1 is 1.08 bits per heavy atom. The van der Waals surface area contributed by atoms with Crippen LogP contribution in [0.15, 0.2) is 29.2 Å². The highest BCUT2D eigenvalue weighted by atomic mass is 32.2. The highest BCUT2D eigenvalue weighted by molar-refractivity contribution is 7.89. The van der Waals surface area contributed by atoms with Crippen molar-refractivity contribution < 1.29 is 13.2 Å². The van der Waals surface area contributed by atoms with Gasteiger partial charge < -0.3 is 5.32 Å². The molecule has 5 nitrogen and oxygen atoms in total. The van der Waals surface area contributed by atoms with Crippen molar-refractivity contribution >= 4 is 15.9 Å². The van der Waals surface area contributed by atoms with Crippen LogP contribution in [0.2, 0.25) is 0 Å². The van der Waals surface area contributed by atoms with Crippen LogP contribution in [0.3, 0.4) is 0 Å². The van der Waals surface area contributed by atoms with Gasteiger partial charge in [-0.3, -0.25) is 4.79 Å². The summed E-state index contributed by atoms with van der Waals surface area (Å²) in [5, 5.41) is 3.00. The minimum Gasteiger partial charge on any atom is -0.352 e. The summed E-state index contributed by atoms with van der Waals surface area (Å²) in [4.78, 5) is 12.6. The van der Waals surface area contributed by atoms with Crippen LogP contribution in [0, 0.1) is 17.8 Å². The molecule has 6 heteroatoms. The lowest BCUT2D eigenvalue weighted by Gasteiger charge is -2.21. The van der Waals surface area contributed by atoms with E-state index in [9.17, 15) is 13.2 Å². The highest BCUT2D eigenvalue weighted by Gasteiger charge is 2.40. The number of hydrogen-bond donors (Lipinski definition) is 1. The van der Waals surface area contributed by atoms with Gasteiger partial charge in [0.2, 0.25) is 15.9 Å². The van der Waals surface area contributed by atoms with E-state index in [4.69, 9.17) is 0 Å². The molecule has 3 unspecified atom stereocenters. The first kappa shape index (κ1) is 18.0. The highest BCUT2D eigenvalue weighted by Crippen LogP contribution is 2.49. The van der Waals surface area contributed by atoms with Crippen LogP contribution >= 0.6 is 0 Å². The zero-order valence-electron chi connectivity index (χ0n) is 15.2. The number of nitrogens with one attached hydrogen (secondary N) is 1. The number of benzene rings is 1. The van der Waals surface area contributed by atoms with E-state index in [1.807, 2.05) is 0 Å². The molecule has 2 aliphatic carbocycles. The van der Waals surface area contributed by atoms with E-state index in [0.717, 1.165) is 30.2 Å². The van der Waals surface area contributed by atoms with Crippen molar-refractivity contribution in [2.45, 2.75) is 56.4 Å². The van der Waals surface area contributed by atoms with Crippen molar-refractivity contribution in [1.29, 1.82) is 0 Å². The molecule has 1 aromatic rings. The third-order valence-corrected chi connectivity index (χ3v) is 8.36. The van der Waals surface area contributed by atoms with E-state index >= 15 is 0 Å². The average molecular weight is 377 g/mol. The molecule has 3 fully saturated rings. The normalized spacial score (nSPS) is 28.5. The molecule has 3 aliphatic rings. The molecule has 1 aliphatic heterocycles. The lowest BCUT2D eigenvalue weighted by Crippen LogP contribution is -2.28. The van der Waals surface area contributed by atoms with E-state index < -0.39 is 10.0 Å². The van der Waals surface area contributed by atoms with Crippen molar-refractivity contribution in [2.24, 2.45) is 17.8 Å². The number of sulfonamides is 1. The Balaban J connectivity index is 1.29. The molecule has 1 heterocycles. The number of rotatable bonds is 6. The Hall–Kier alpha value is -1.40. The Morgan fingerprint density at radius 2 is 1.81 bits per heavy atom. The van der Waals surface area contributed by atoms with Crippen LogP contribution < -0.4 is 5.32 Å². The predicted molar refractivity (Wildman–Crippen MR) is 99.8 cm³/mol. The molecule has 0 spiro atoms. The zero-order valence-corrected chi connectivity index (χ0v) is 16.0. The monoisotopic (exact) mass is 376 g/mol. The second kappa shape index (κ2) is 7.31. The SMILES string of the molecule is O=C(CC1CC2CCC1C2)NCc1ccc(S(=O)(=O)N2CCCC2)cc1. The number of hydrogen-bond acceptors (Lipinski definition) is 3. The molecule has 0 aromatic heterocycles. The average Bonchev–Trinajstić information content (AvgIpc) is 3.38. The lowest BCUT2D eigenvalue weighted by atomic mass is 9.86. The molecule has 3 atom stereocenters. The molecule has 4 rings (SSSR count). The summed E-state index contributed by atoms with van der Waals surface area (Å²) in [6.07, 6.45) is 7.72. The van der Waals surface area contributed by atoms with Crippen LogP contribution in [-0.4, -0.2) is 31.7 Å². The van der Waals surface area contributed by atoms with Gasteiger partial charge in [0.15, 0.2) is 0 Å². The van der Waals surface area contributed by atoms with E-state index in [2.05, 4.69) is 5.32 Å². The van der Waals surface area contributed by atoms with Crippen molar-refractivity contribution in [3.63, 3.8) is 0 Å². The molecule has 1 aromatic carbocycles. The van der Waals surface area contributed by atoms with Gasteiger partial charge >= 0.3 is 0 Å². The molecular formula is C20H28N2O3S. The summed E-state index contributed by atoms with van der Waals surface area (Å²) >= 11 is 0. The molecule has 1 N–H and O–H groups in total. The van der Waals surface area contributed by atoms with Gasteiger partial charge in [0.05, 0.1) is 4.90 Å². The Kier molecular flexibility index (Phi) is 5.06. The minimum atomic E-state index is -3.36. The summed E-state index contributed by atoms with van der Waals surface area (Å²) in [6.45, 7) is 1.69. The zero-order chi connectivity index (χ0) is 18.1. The minimum absolute atomic E-state index is 0.122. The van der Waals surface area contributed by atoms with Gasteiger partial charge in [0, 0.05) is 26.1 Å². The summed E-state index contributed by atoms with van der Waals surface area (Å²) in [5.41, 5.74) is 0.937. The topological polar surface area (TPSA) is 66.5 Å². The molecule has 26 heavy (non-hydrogen) atoms. The summed E-state index contributed by atoms with van der Waals surface area (Å²) < 4.78 is 26.6. The van der Waals surface area contributed by atoms with Crippen LogP contribution in [-0.2, 0) is 21.4 Å². The summed E-state index contributed by atoms with van der Waals surface area (Å²) in [7, 11) is -3.36. The molecule has 0 radical (unpaired) electrons. The summed E-state index contributed by atoms with van der Waals surface area (Å²) in [5.74, 6) is 2.32. The lowest BCUT2D eigenvalue weighted by molar-refractivity contribution is -0.122. The maximum atomic E-state index is 12.5. The second-order valence-electron chi connectivity index (χ2n) is 8.17. The van der Waals surface area contributed by atoms with Gasteiger partial charge in [0.1, 0.15) is 0 Å². The van der Waals surface area contributed by atoms with E-state index in [0.29, 0.717) is 36.9 Å². The van der Waals surface area contributed by atoms with Gasteiger partial charge in [0.25, 0.3) is 0 Å². The summed E-state index contributed by atoms with van der Waals surface area (Å²) in [6, 6.07) is 6.93. The van der Waals surface area contributed by atoms with Gasteiger partial charge in [-0.1, -0.05) is 18.6 Å². The fourth-order valence-corrected chi connectivity index (χ4v) is 6.51. The van der Waals surface area contributed by atoms with Crippen molar-refractivity contribution in [3.05, 3.63) is 29.8 Å². The molecular weight excluding hydrogens is 348 g/mol. The Morgan fingerprint density at radius 3 is 2.42 bits per heavy atom. The first-order valence-corrected chi connectivity index (χ1v) is 11.3. The molecule has 1 saturated heterocycles. The first-order valence-electron chi connectivity index (χ1n) is 9.88. The number of carbonyl (C=O) groups excluding carboxylic acids is 1. The fourth-order valence-electron chi connectivity index (χ4n) is 4.99. The van der Waals surface area contributed by atoms with Crippen LogP contribution in [0.4, 0.5) is 0 Å². The molecule has 2 saturated carbocycles. The second-order valence-corrected chi connectivity index (χ2v) is 10.1. The predicted octanol–water partition coefficient (Wildman–Crippen LogP) is 2.91. The van der Waals surface area contributed by atoms with E-state index in [1.54, 1.807) is 28.6 Å². The fraction of sp³-hybridized carbons (Fsp3) is 0.650. The standard InChI is InChI=1S/C20H28N2O3S/c23-20(13-18-12-16-3-6-17(18)11-16)21-14-15-4-7-19(8-5-15)26(24,25)22-9-1-2-10-22/h4-5,7-8,16-18H,1-3,6,9-14H2,(H,21,23). The smallest absolute Gasteiger partial charge is 0.243 e. The number of fused-ring (bicyclic) bond motifs is 2. The van der Waals surface area contributed by atoms with Crippen LogP contribution in [0.1, 0.15) is 50.5 Å². The quantitative estimate of drug-likeness (QED) is 0.830. The van der Waals surface area contributed by atoms with Crippen molar-refractivity contribution in [2.75, 3.05) is 13.1 Å². The molecule has 142 valence electrons. The number of amides is 1. The maximum absolute atomic E-state index is 12.5. The number of carbonyl (C=O) groups is 1. The van der Waals surface area contributed by atoms with Gasteiger partial charge in [-0.15, -0.1) is 0 Å². The third-order valence-electron chi connectivity index (χ3n) is 6.45. The van der Waals surface area contributed by atoms with Crippen LogP contribution in [0.25, 0.3) is 0 Å². The molecule has 1 amide bonds. The van der Waals surface area contributed by atoms with Crippen LogP contribution in [0.5, 0.6) is 0 Å². The molecule has 2 bridgehead atoms.